The molecule has 0 spiro atoms. The Kier molecular flexibility index (Phi) is 7.16. The highest BCUT2D eigenvalue weighted by Crippen LogP contribution is 2.03. The predicted octanol–water partition coefficient (Wildman–Crippen LogP) is 2.11. The molecule has 0 radical (unpaired) electrons. The first-order valence-electron chi connectivity index (χ1n) is 2.59. The molecule has 0 aliphatic rings. The Morgan fingerprint density at radius 1 is 1.44 bits per heavy atom. The second-order valence-corrected chi connectivity index (χ2v) is 3.43. The number of rotatable bonds is 5. The smallest absolute Gasteiger partial charge is 0.222 e. The third-order valence-corrected chi connectivity index (χ3v) is 2.25. The largest absolute Gasteiger partial charge is 0.281 e. The second kappa shape index (κ2) is 6.72. The van der Waals surface area contributed by atoms with Crippen molar-refractivity contribution in [3.63, 3.8) is 0 Å². The molecule has 1 nitrogen and oxygen atoms in total. The fraction of sp³-hybridized carbons (Fsp3) is 0.800. The minimum absolute atomic E-state index is 0.267. The van der Waals surface area contributed by atoms with Crippen molar-refractivity contribution in [2.24, 2.45) is 0 Å². The summed E-state index contributed by atoms with van der Waals surface area (Å²) in [5, 5.41) is -0.267. The topological polar surface area (TPSA) is 17.1 Å². The maximum absolute atomic E-state index is 10.1. The van der Waals surface area contributed by atoms with Crippen LogP contribution in [-0.2, 0) is 4.79 Å². The molecule has 0 unspecified atom stereocenters. The average molecular weight is 187 g/mol. The van der Waals surface area contributed by atoms with Crippen molar-refractivity contribution in [3.05, 3.63) is 0 Å². The van der Waals surface area contributed by atoms with Gasteiger partial charge in [0.2, 0.25) is 5.24 Å². The SMILES string of the molecule is O=C(Cl)CCSCCCl. The highest BCUT2D eigenvalue weighted by atomic mass is 35.5. The fourth-order valence-corrected chi connectivity index (χ4v) is 1.49. The van der Waals surface area contributed by atoms with Gasteiger partial charge < -0.3 is 0 Å². The van der Waals surface area contributed by atoms with Crippen LogP contribution in [0.4, 0.5) is 0 Å². The van der Waals surface area contributed by atoms with Crippen molar-refractivity contribution in [1.82, 2.24) is 0 Å². The minimum Gasteiger partial charge on any atom is -0.281 e. The van der Waals surface area contributed by atoms with Gasteiger partial charge in [0.1, 0.15) is 0 Å². The summed E-state index contributed by atoms with van der Waals surface area (Å²) in [4.78, 5) is 10.1. The lowest BCUT2D eigenvalue weighted by Gasteiger charge is -1.92. The van der Waals surface area contributed by atoms with E-state index in [0.717, 1.165) is 11.5 Å². The van der Waals surface area contributed by atoms with E-state index in [4.69, 9.17) is 23.2 Å². The molecule has 9 heavy (non-hydrogen) atoms. The summed E-state index contributed by atoms with van der Waals surface area (Å²) in [6.07, 6.45) is 0.448. The van der Waals surface area contributed by atoms with Crippen molar-refractivity contribution in [3.8, 4) is 0 Å². The molecule has 0 saturated carbocycles. The van der Waals surface area contributed by atoms with Crippen LogP contribution in [0.2, 0.25) is 0 Å². The van der Waals surface area contributed by atoms with Crippen LogP contribution in [0.25, 0.3) is 0 Å². The molecule has 4 heteroatoms. The van der Waals surface area contributed by atoms with Gasteiger partial charge in [-0.25, -0.2) is 0 Å². The zero-order valence-corrected chi connectivity index (χ0v) is 7.23. The van der Waals surface area contributed by atoms with Gasteiger partial charge in [-0.15, -0.1) is 11.6 Å². The summed E-state index contributed by atoms with van der Waals surface area (Å²) in [6.45, 7) is 0. The Balaban J connectivity index is 2.83. The van der Waals surface area contributed by atoms with E-state index in [1.807, 2.05) is 0 Å². The molecule has 0 N–H and O–H groups in total. The number of halogens is 2. The molecule has 0 aliphatic heterocycles. The lowest BCUT2D eigenvalue weighted by molar-refractivity contribution is -0.111. The van der Waals surface area contributed by atoms with E-state index in [2.05, 4.69) is 0 Å². The van der Waals surface area contributed by atoms with Gasteiger partial charge in [-0.3, -0.25) is 4.79 Å². The van der Waals surface area contributed by atoms with Crippen LogP contribution in [0.1, 0.15) is 6.42 Å². The summed E-state index contributed by atoms with van der Waals surface area (Å²) in [6, 6.07) is 0. The molecular weight excluding hydrogens is 179 g/mol. The van der Waals surface area contributed by atoms with Crippen LogP contribution < -0.4 is 0 Å². The van der Waals surface area contributed by atoms with Gasteiger partial charge in [0.05, 0.1) is 0 Å². The quantitative estimate of drug-likeness (QED) is 0.372. The van der Waals surface area contributed by atoms with Gasteiger partial charge >= 0.3 is 0 Å². The van der Waals surface area contributed by atoms with E-state index in [1.54, 1.807) is 11.8 Å². The Labute approximate surface area is 69.1 Å². The summed E-state index contributed by atoms with van der Waals surface area (Å²) < 4.78 is 0. The zero-order valence-electron chi connectivity index (χ0n) is 4.90. The first kappa shape index (κ1) is 9.60. The molecule has 0 atom stereocenters. The third kappa shape index (κ3) is 8.60. The molecular formula is C5H8Cl2OS. The molecule has 0 aromatic heterocycles. The molecule has 0 aliphatic carbocycles. The van der Waals surface area contributed by atoms with Crippen LogP contribution >= 0.6 is 35.0 Å². The molecule has 0 aromatic carbocycles. The number of carbonyl (C=O) groups excluding carboxylic acids is 1. The van der Waals surface area contributed by atoms with Gasteiger partial charge in [0, 0.05) is 23.8 Å². The monoisotopic (exact) mass is 186 g/mol. The van der Waals surface area contributed by atoms with E-state index >= 15 is 0 Å². The third-order valence-electron chi connectivity index (χ3n) is 0.664. The normalized spacial score (nSPS) is 9.56. The molecule has 0 rings (SSSR count). The van der Waals surface area contributed by atoms with Gasteiger partial charge in [-0.1, -0.05) is 0 Å². The Morgan fingerprint density at radius 3 is 2.56 bits per heavy atom. The summed E-state index contributed by atoms with van der Waals surface area (Å²) in [7, 11) is 0. The molecule has 0 aromatic rings. The van der Waals surface area contributed by atoms with E-state index in [0.29, 0.717) is 12.3 Å². The van der Waals surface area contributed by atoms with Gasteiger partial charge in [0.25, 0.3) is 0 Å². The summed E-state index contributed by atoms with van der Waals surface area (Å²) >= 11 is 12.1. The van der Waals surface area contributed by atoms with Crippen LogP contribution in [0.5, 0.6) is 0 Å². The number of carbonyl (C=O) groups is 1. The Hall–Kier alpha value is 0.600. The van der Waals surface area contributed by atoms with Crippen LogP contribution in [0.15, 0.2) is 0 Å². The van der Waals surface area contributed by atoms with Gasteiger partial charge in [-0.05, 0) is 11.6 Å². The molecule has 0 amide bonds. The Morgan fingerprint density at radius 2 is 2.11 bits per heavy atom. The molecule has 0 heterocycles. The molecule has 0 fully saturated rings. The standard InChI is InChI=1S/C5H8Cl2OS/c6-2-4-9-3-1-5(7)8/h1-4H2. The van der Waals surface area contributed by atoms with E-state index in [-0.39, 0.29) is 5.24 Å². The van der Waals surface area contributed by atoms with E-state index < -0.39 is 0 Å². The molecule has 0 bridgehead atoms. The molecule has 0 saturated heterocycles. The van der Waals surface area contributed by atoms with Crippen LogP contribution in [-0.4, -0.2) is 22.6 Å². The van der Waals surface area contributed by atoms with E-state index in [1.165, 1.54) is 0 Å². The maximum Gasteiger partial charge on any atom is 0.222 e. The highest BCUT2D eigenvalue weighted by Gasteiger charge is 1.94. The lowest BCUT2D eigenvalue weighted by atomic mass is 10.6. The average Bonchev–Trinajstić information content (AvgIpc) is 1.80. The van der Waals surface area contributed by atoms with Crippen LogP contribution in [0, 0.1) is 0 Å². The zero-order chi connectivity index (χ0) is 7.11. The number of alkyl halides is 1. The summed E-state index contributed by atoms with van der Waals surface area (Å²) in [5.41, 5.74) is 0. The minimum atomic E-state index is -0.267. The second-order valence-electron chi connectivity index (χ2n) is 1.41. The lowest BCUT2D eigenvalue weighted by Crippen LogP contribution is -1.90. The first-order valence-corrected chi connectivity index (χ1v) is 4.66. The fourth-order valence-electron chi connectivity index (χ4n) is 0.309. The maximum atomic E-state index is 10.1. The number of thioether (sulfide) groups is 1. The summed E-state index contributed by atoms with van der Waals surface area (Å²) in [5.74, 6) is 2.32. The number of hydrogen-bond acceptors (Lipinski definition) is 2. The molecule has 54 valence electrons. The van der Waals surface area contributed by atoms with E-state index in [9.17, 15) is 4.79 Å². The Bertz CT molecular complexity index is 87.0. The van der Waals surface area contributed by atoms with Crippen molar-refractivity contribution < 1.29 is 4.79 Å². The van der Waals surface area contributed by atoms with Crippen molar-refractivity contribution in [2.45, 2.75) is 6.42 Å². The van der Waals surface area contributed by atoms with Crippen molar-refractivity contribution >= 4 is 40.2 Å². The predicted molar refractivity (Wildman–Crippen MR) is 43.5 cm³/mol. The number of hydrogen-bond donors (Lipinski definition) is 0. The van der Waals surface area contributed by atoms with Crippen molar-refractivity contribution in [2.75, 3.05) is 17.4 Å². The van der Waals surface area contributed by atoms with Gasteiger partial charge in [0.15, 0.2) is 0 Å². The van der Waals surface area contributed by atoms with Gasteiger partial charge in [-0.2, -0.15) is 11.8 Å². The van der Waals surface area contributed by atoms with Crippen molar-refractivity contribution in [1.29, 1.82) is 0 Å². The van der Waals surface area contributed by atoms with Crippen LogP contribution in [0.3, 0.4) is 0 Å². The highest BCUT2D eigenvalue weighted by molar-refractivity contribution is 7.99. The first-order chi connectivity index (χ1) is 4.27.